The third kappa shape index (κ3) is 6.86. The zero-order valence-electron chi connectivity index (χ0n) is 19.2. The van der Waals surface area contributed by atoms with Crippen molar-refractivity contribution in [1.82, 2.24) is 0 Å². The summed E-state index contributed by atoms with van der Waals surface area (Å²) in [5, 5.41) is 19.1. The number of carbonyl (C=O) groups excluding carboxylic acids is 2. The quantitative estimate of drug-likeness (QED) is 0.242. The van der Waals surface area contributed by atoms with E-state index in [0.717, 1.165) is 0 Å². The van der Waals surface area contributed by atoms with Gasteiger partial charge in [0.1, 0.15) is 11.9 Å². The Hall–Kier alpha value is -1.62. The molecule has 0 saturated carbocycles. The van der Waals surface area contributed by atoms with Crippen LogP contribution in [0.4, 0.5) is 114 Å². The number of halogens is 26. The van der Waals surface area contributed by atoms with Crippen molar-refractivity contribution in [1.29, 1.82) is 0 Å². The number of hydrogen-bond acceptors (Lipinski definition) is 4. The Bertz CT molecular complexity index is 987. The Labute approximate surface area is 255 Å². The summed E-state index contributed by atoms with van der Waals surface area (Å²) in [7, 11) is 0. The maximum atomic E-state index is 12.6. The molecule has 0 N–H and O–H groups in total. The van der Waals surface area contributed by atoms with Gasteiger partial charge in [0.05, 0.1) is 0 Å². The Morgan fingerprint density at radius 1 is 0.289 bits per heavy atom. The van der Waals surface area contributed by atoms with Crippen LogP contribution in [-0.4, -0.2) is 121 Å². The molecule has 45 heavy (non-hydrogen) atoms. The largest absolute Gasteiger partial charge is 2.00 e. The molecule has 31 heteroatoms. The van der Waals surface area contributed by atoms with E-state index in [1.165, 1.54) is 0 Å². The first-order valence-electron chi connectivity index (χ1n) is 8.73. The zero-order chi connectivity index (χ0) is 37.2. The van der Waals surface area contributed by atoms with Crippen LogP contribution < -0.4 is 10.2 Å². The van der Waals surface area contributed by atoms with Crippen molar-refractivity contribution in [3.8, 4) is 0 Å². The van der Waals surface area contributed by atoms with Crippen molar-refractivity contribution >= 4 is 49.7 Å². The molecule has 0 aromatic rings. The van der Waals surface area contributed by atoms with Gasteiger partial charge in [0, 0.05) is 0 Å². The average molecular weight is 766 g/mol. The Morgan fingerprint density at radius 3 is 0.533 bits per heavy atom. The van der Waals surface area contributed by atoms with Crippen molar-refractivity contribution in [3.63, 3.8) is 0 Å². The van der Waals surface area contributed by atoms with Crippen LogP contribution in [0.5, 0.6) is 0 Å². The van der Waals surface area contributed by atoms with Gasteiger partial charge >= 0.3 is 109 Å². The normalized spacial score (nSPS) is 15.5. The molecule has 0 radical (unpaired) electrons. The summed E-state index contributed by atoms with van der Waals surface area (Å²) in [6.45, 7) is 0. The van der Waals surface area contributed by atoms with Gasteiger partial charge in [-0.3, -0.25) is 0 Å². The number of carboxylic acids is 2. The summed E-state index contributed by atoms with van der Waals surface area (Å²) in [5.41, 5.74) is 0. The van der Waals surface area contributed by atoms with Gasteiger partial charge in [-0.2, -0.15) is 114 Å². The predicted molar refractivity (Wildman–Crippen MR) is 77.3 cm³/mol. The molecule has 4 nitrogen and oxygen atoms in total. The van der Waals surface area contributed by atoms with Crippen molar-refractivity contribution < 1.29 is 134 Å². The smallest absolute Gasteiger partial charge is 0.544 e. The summed E-state index contributed by atoms with van der Waals surface area (Å²) in [4.78, 5) is 19.1. The van der Waals surface area contributed by atoms with Gasteiger partial charge in [0.15, 0.2) is 0 Å². The van der Waals surface area contributed by atoms with Crippen molar-refractivity contribution in [2.45, 2.75) is 71.6 Å². The standard InChI is InChI=1S/2C7HF13O2.Ca/c2*8-2(9,1(21)22)3(10,11)4(12,13)5(14,15)6(16,17)7(18,19)20;/h2*(H,21,22);/q;;+2/p-2. The molecule has 0 rings (SSSR count). The number of hydrogen-bond donors (Lipinski definition) is 0. The Kier molecular flexibility index (Phi) is 13.2. The number of rotatable bonds is 10. The van der Waals surface area contributed by atoms with Crippen LogP contribution >= 0.6 is 0 Å². The van der Waals surface area contributed by atoms with E-state index in [4.69, 9.17) is 0 Å². The number of carboxylic acid groups (broad SMARTS) is 2. The molecule has 0 aromatic carbocycles. The molecule has 0 heterocycles. The van der Waals surface area contributed by atoms with Crippen molar-refractivity contribution in [2.75, 3.05) is 0 Å². The fraction of sp³-hybridized carbons (Fsp3) is 0.857. The van der Waals surface area contributed by atoms with Crippen LogP contribution in [0.15, 0.2) is 0 Å². The summed E-state index contributed by atoms with van der Waals surface area (Å²) in [5.74, 6) is -87.0. The van der Waals surface area contributed by atoms with Crippen LogP contribution in [0.25, 0.3) is 0 Å². The maximum absolute atomic E-state index is 12.6. The first-order valence-corrected chi connectivity index (χ1v) is 8.73. The van der Waals surface area contributed by atoms with Crippen LogP contribution in [0.3, 0.4) is 0 Å². The summed E-state index contributed by atoms with van der Waals surface area (Å²) < 4.78 is 318. The molecule has 0 atom stereocenters. The zero-order valence-corrected chi connectivity index (χ0v) is 21.4. The van der Waals surface area contributed by atoms with E-state index in [2.05, 4.69) is 0 Å². The topological polar surface area (TPSA) is 80.3 Å². The van der Waals surface area contributed by atoms with Crippen LogP contribution in [0.1, 0.15) is 0 Å². The maximum Gasteiger partial charge on any atom is 2.00 e. The van der Waals surface area contributed by atoms with Gasteiger partial charge in [0.2, 0.25) is 0 Å². The molecule has 0 bridgehead atoms. The van der Waals surface area contributed by atoms with Crippen LogP contribution in [-0.2, 0) is 9.59 Å². The molecule has 0 aromatic heterocycles. The number of alkyl halides is 26. The molecule has 264 valence electrons. The predicted octanol–water partition coefficient (Wildman–Crippen LogP) is 4.57. The molecular formula is C14CaF26O4. The molecule has 0 fully saturated rings. The minimum atomic E-state index is -8.11. The van der Waals surface area contributed by atoms with E-state index in [1.807, 2.05) is 0 Å². The molecule has 0 spiro atoms. The minimum Gasteiger partial charge on any atom is -0.544 e. The Balaban J connectivity index is -0.000000767. The third-order valence-electron chi connectivity index (χ3n) is 4.38. The van der Waals surface area contributed by atoms with E-state index in [1.54, 1.807) is 0 Å². The molecule has 0 aliphatic heterocycles. The van der Waals surface area contributed by atoms with Gasteiger partial charge in [-0.15, -0.1) is 0 Å². The molecule has 0 amide bonds. The second-order valence-electron chi connectivity index (χ2n) is 7.31. The van der Waals surface area contributed by atoms with Gasteiger partial charge in [-0.1, -0.05) is 0 Å². The van der Waals surface area contributed by atoms with E-state index < -0.39 is 83.5 Å². The van der Waals surface area contributed by atoms with E-state index in [-0.39, 0.29) is 37.7 Å². The first-order chi connectivity index (χ1) is 18.4. The fourth-order valence-corrected chi connectivity index (χ4v) is 1.80. The SMILES string of the molecule is O=C([O-])C(F)(F)C(F)(F)C(F)(F)C(F)(F)C(F)(F)C(F)(F)F.O=C([O-])C(F)(F)C(F)(F)C(F)(F)C(F)(F)C(F)(F)C(F)(F)F.[Ca+2]. The van der Waals surface area contributed by atoms with E-state index in [9.17, 15) is 134 Å². The Morgan fingerprint density at radius 2 is 0.422 bits per heavy atom. The first kappa shape index (κ1) is 47.8. The van der Waals surface area contributed by atoms with Crippen molar-refractivity contribution in [3.05, 3.63) is 0 Å². The summed E-state index contributed by atoms with van der Waals surface area (Å²) in [6.07, 6.45) is -15.1. The van der Waals surface area contributed by atoms with Gasteiger partial charge in [0.25, 0.3) is 0 Å². The third-order valence-corrected chi connectivity index (χ3v) is 4.38. The number of carbonyl (C=O) groups is 2. The summed E-state index contributed by atoms with van der Waals surface area (Å²) in [6, 6.07) is 0. The van der Waals surface area contributed by atoms with E-state index >= 15 is 0 Å². The van der Waals surface area contributed by atoms with Crippen LogP contribution in [0, 0.1) is 0 Å². The fourth-order valence-electron chi connectivity index (χ4n) is 1.80. The second kappa shape index (κ2) is 12.4. The van der Waals surface area contributed by atoms with Gasteiger partial charge < -0.3 is 19.8 Å². The van der Waals surface area contributed by atoms with Gasteiger partial charge in [-0.05, 0) is 0 Å². The van der Waals surface area contributed by atoms with Gasteiger partial charge in [-0.25, -0.2) is 0 Å². The molecule has 0 unspecified atom stereocenters. The second-order valence-corrected chi connectivity index (χ2v) is 7.31. The minimum absolute atomic E-state index is 0. The molecule has 0 aliphatic rings. The molecular weight excluding hydrogens is 766 g/mol. The van der Waals surface area contributed by atoms with Crippen LogP contribution in [0.2, 0.25) is 0 Å². The summed E-state index contributed by atoms with van der Waals surface area (Å²) >= 11 is 0. The molecule has 0 saturated heterocycles. The molecule has 0 aliphatic carbocycles. The van der Waals surface area contributed by atoms with E-state index in [0.29, 0.717) is 0 Å². The van der Waals surface area contributed by atoms with Crippen molar-refractivity contribution in [2.24, 2.45) is 0 Å². The average Bonchev–Trinajstić information content (AvgIpc) is 2.76. The monoisotopic (exact) mass is 766 g/mol. The number of aliphatic carboxylic acids is 2.